The molecular formula is C19H22N2OS. The standard InChI is InChI=1S/C19H22N2OS/c22-19(21-12-6-10-14-7-4-5-11-17(14)21)16-13-20-23-18(16)15-8-2-1-3-9-15/h1-3,8-9,13-14,17H,4-7,10-12H2. The normalized spacial score (nSPS) is 24.3. The fourth-order valence-corrected chi connectivity index (χ4v) is 4.96. The topological polar surface area (TPSA) is 33.2 Å². The maximum atomic E-state index is 13.2. The summed E-state index contributed by atoms with van der Waals surface area (Å²) in [6.07, 6.45) is 9.27. The zero-order valence-corrected chi connectivity index (χ0v) is 14.1. The molecule has 23 heavy (non-hydrogen) atoms. The van der Waals surface area contributed by atoms with Gasteiger partial charge in [0.2, 0.25) is 0 Å². The van der Waals surface area contributed by atoms with E-state index in [0.29, 0.717) is 12.0 Å². The Kier molecular flexibility index (Phi) is 4.17. The third kappa shape index (κ3) is 2.80. The molecule has 1 aliphatic carbocycles. The third-order valence-corrected chi connectivity index (χ3v) is 6.19. The Labute approximate surface area is 141 Å². The van der Waals surface area contributed by atoms with Crippen molar-refractivity contribution in [3.8, 4) is 10.4 Å². The Morgan fingerprint density at radius 2 is 1.87 bits per heavy atom. The molecule has 0 radical (unpaired) electrons. The summed E-state index contributed by atoms with van der Waals surface area (Å²) >= 11 is 1.43. The number of amides is 1. The molecule has 2 fully saturated rings. The minimum absolute atomic E-state index is 0.189. The number of likely N-dealkylation sites (tertiary alicyclic amines) is 1. The zero-order chi connectivity index (χ0) is 15.6. The summed E-state index contributed by atoms with van der Waals surface area (Å²) in [6, 6.07) is 10.6. The van der Waals surface area contributed by atoms with Crippen LogP contribution in [0, 0.1) is 5.92 Å². The quantitative estimate of drug-likeness (QED) is 0.808. The number of hydrogen-bond acceptors (Lipinski definition) is 3. The van der Waals surface area contributed by atoms with Crippen LogP contribution in [0.3, 0.4) is 0 Å². The average molecular weight is 326 g/mol. The molecule has 120 valence electrons. The molecule has 1 aromatic heterocycles. The lowest BCUT2D eigenvalue weighted by Gasteiger charge is -2.44. The lowest BCUT2D eigenvalue weighted by molar-refractivity contribution is 0.0391. The highest BCUT2D eigenvalue weighted by atomic mass is 32.1. The van der Waals surface area contributed by atoms with E-state index in [0.717, 1.165) is 29.0 Å². The molecule has 1 aliphatic heterocycles. The van der Waals surface area contributed by atoms with Crippen molar-refractivity contribution in [1.29, 1.82) is 0 Å². The van der Waals surface area contributed by atoms with E-state index in [1.807, 2.05) is 18.2 Å². The van der Waals surface area contributed by atoms with E-state index in [4.69, 9.17) is 0 Å². The molecule has 2 atom stereocenters. The Morgan fingerprint density at radius 1 is 1.09 bits per heavy atom. The molecule has 2 unspecified atom stereocenters. The molecule has 1 saturated heterocycles. The molecule has 4 heteroatoms. The van der Waals surface area contributed by atoms with Crippen LogP contribution in [0.4, 0.5) is 0 Å². The first-order valence-electron chi connectivity index (χ1n) is 8.65. The van der Waals surface area contributed by atoms with Gasteiger partial charge in [0.25, 0.3) is 5.91 Å². The van der Waals surface area contributed by atoms with Crippen molar-refractivity contribution in [2.24, 2.45) is 5.92 Å². The Balaban J connectivity index is 1.63. The minimum Gasteiger partial charge on any atom is -0.335 e. The summed E-state index contributed by atoms with van der Waals surface area (Å²) in [7, 11) is 0. The predicted octanol–water partition coefficient (Wildman–Crippen LogP) is 4.60. The fraction of sp³-hybridized carbons (Fsp3) is 0.474. The molecule has 3 nitrogen and oxygen atoms in total. The van der Waals surface area contributed by atoms with Crippen LogP contribution in [0.15, 0.2) is 36.5 Å². The highest BCUT2D eigenvalue weighted by Crippen LogP contribution is 2.37. The monoisotopic (exact) mass is 326 g/mol. The van der Waals surface area contributed by atoms with Crippen molar-refractivity contribution >= 4 is 17.4 Å². The lowest BCUT2D eigenvalue weighted by atomic mass is 9.78. The van der Waals surface area contributed by atoms with Gasteiger partial charge >= 0.3 is 0 Å². The number of hydrogen-bond donors (Lipinski definition) is 0. The summed E-state index contributed by atoms with van der Waals surface area (Å²) in [5.41, 5.74) is 1.88. The molecule has 1 amide bonds. The maximum absolute atomic E-state index is 13.2. The molecule has 0 bridgehead atoms. The van der Waals surface area contributed by atoms with Crippen LogP contribution < -0.4 is 0 Å². The maximum Gasteiger partial charge on any atom is 0.257 e. The molecule has 2 heterocycles. The van der Waals surface area contributed by atoms with E-state index in [-0.39, 0.29) is 5.91 Å². The van der Waals surface area contributed by atoms with Gasteiger partial charge in [0.15, 0.2) is 0 Å². The van der Waals surface area contributed by atoms with Gasteiger partial charge in [-0.05, 0) is 48.7 Å². The van der Waals surface area contributed by atoms with Gasteiger partial charge in [0, 0.05) is 12.6 Å². The van der Waals surface area contributed by atoms with E-state index in [9.17, 15) is 4.79 Å². The smallest absolute Gasteiger partial charge is 0.257 e. The number of fused-ring (bicyclic) bond motifs is 1. The number of carbonyl (C=O) groups excluding carboxylic acids is 1. The van der Waals surface area contributed by atoms with Crippen LogP contribution in [0.5, 0.6) is 0 Å². The minimum atomic E-state index is 0.189. The van der Waals surface area contributed by atoms with Crippen LogP contribution in [-0.2, 0) is 0 Å². The highest BCUT2D eigenvalue weighted by Gasteiger charge is 2.36. The van der Waals surface area contributed by atoms with E-state index >= 15 is 0 Å². The number of carbonyl (C=O) groups is 1. The first-order valence-corrected chi connectivity index (χ1v) is 9.43. The number of aromatic nitrogens is 1. The summed E-state index contributed by atoms with van der Waals surface area (Å²) in [4.78, 5) is 16.4. The van der Waals surface area contributed by atoms with E-state index in [1.54, 1.807) is 6.20 Å². The second-order valence-corrected chi connectivity index (χ2v) is 7.49. The molecule has 2 aromatic rings. The van der Waals surface area contributed by atoms with Gasteiger partial charge in [-0.3, -0.25) is 4.79 Å². The number of piperidine rings is 1. The van der Waals surface area contributed by atoms with Crippen molar-refractivity contribution < 1.29 is 4.79 Å². The van der Waals surface area contributed by atoms with Gasteiger partial charge in [-0.1, -0.05) is 43.2 Å². The van der Waals surface area contributed by atoms with Crippen molar-refractivity contribution in [2.45, 2.75) is 44.6 Å². The van der Waals surface area contributed by atoms with Crippen LogP contribution in [-0.4, -0.2) is 27.8 Å². The van der Waals surface area contributed by atoms with Crippen LogP contribution in [0.2, 0.25) is 0 Å². The van der Waals surface area contributed by atoms with Gasteiger partial charge in [0.1, 0.15) is 0 Å². The van der Waals surface area contributed by atoms with Crippen molar-refractivity contribution in [3.05, 3.63) is 42.1 Å². The van der Waals surface area contributed by atoms with E-state index in [2.05, 4.69) is 21.4 Å². The number of nitrogens with zero attached hydrogens (tertiary/aromatic N) is 2. The number of benzene rings is 1. The van der Waals surface area contributed by atoms with E-state index < -0.39 is 0 Å². The Hall–Kier alpha value is -1.68. The highest BCUT2D eigenvalue weighted by molar-refractivity contribution is 7.10. The van der Waals surface area contributed by atoms with Gasteiger partial charge < -0.3 is 4.90 Å². The Morgan fingerprint density at radius 3 is 2.74 bits per heavy atom. The lowest BCUT2D eigenvalue weighted by Crippen LogP contribution is -2.49. The summed E-state index contributed by atoms with van der Waals surface area (Å²) < 4.78 is 4.31. The Bertz CT molecular complexity index is 680. The summed E-state index contributed by atoms with van der Waals surface area (Å²) in [5, 5.41) is 0. The fourth-order valence-electron chi connectivity index (χ4n) is 4.22. The molecular weight excluding hydrogens is 304 g/mol. The van der Waals surface area contributed by atoms with Crippen molar-refractivity contribution in [3.63, 3.8) is 0 Å². The molecule has 0 N–H and O–H groups in total. The van der Waals surface area contributed by atoms with Crippen LogP contribution in [0.1, 0.15) is 48.9 Å². The second-order valence-electron chi connectivity index (χ2n) is 6.69. The molecule has 1 saturated carbocycles. The molecule has 4 rings (SSSR count). The van der Waals surface area contributed by atoms with Crippen LogP contribution in [0.25, 0.3) is 10.4 Å². The van der Waals surface area contributed by atoms with Gasteiger partial charge in [-0.25, -0.2) is 0 Å². The summed E-state index contributed by atoms with van der Waals surface area (Å²) in [5.74, 6) is 0.905. The average Bonchev–Trinajstić information content (AvgIpc) is 3.11. The molecule has 2 aliphatic rings. The molecule has 0 spiro atoms. The summed E-state index contributed by atoms with van der Waals surface area (Å²) in [6.45, 7) is 0.907. The second kappa shape index (κ2) is 6.44. The van der Waals surface area contributed by atoms with Gasteiger partial charge in [-0.2, -0.15) is 4.37 Å². The predicted molar refractivity (Wildman–Crippen MR) is 93.6 cm³/mol. The largest absolute Gasteiger partial charge is 0.335 e. The SMILES string of the molecule is O=C(c1cnsc1-c1ccccc1)N1CCCC2CCCCC21. The van der Waals surface area contributed by atoms with Crippen molar-refractivity contribution in [1.82, 2.24) is 9.27 Å². The van der Waals surface area contributed by atoms with Crippen molar-refractivity contribution in [2.75, 3.05) is 6.54 Å². The van der Waals surface area contributed by atoms with Crippen LogP contribution >= 0.6 is 11.5 Å². The van der Waals surface area contributed by atoms with Gasteiger partial charge in [-0.15, -0.1) is 0 Å². The molecule has 1 aromatic carbocycles. The number of rotatable bonds is 2. The van der Waals surface area contributed by atoms with Gasteiger partial charge in [0.05, 0.1) is 16.6 Å². The first kappa shape index (κ1) is 14.9. The van der Waals surface area contributed by atoms with E-state index in [1.165, 1.54) is 43.6 Å². The zero-order valence-electron chi connectivity index (χ0n) is 13.3. The third-order valence-electron chi connectivity index (χ3n) is 5.34. The first-order chi connectivity index (χ1) is 11.3.